The van der Waals surface area contributed by atoms with Gasteiger partial charge in [-0.2, -0.15) is 0 Å². The molecule has 0 rings (SSSR count). The Bertz CT molecular complexity index is 558. The monoisotopic (exact) mass is 564 g/mol. The fraction of sp³-hybridized carbons (Fsp3) is 0.897. The number of unbranched alkanes of at least 4 members (excludes halogenated alkanes) is 11. The van der Waals surface area contributed by atoms with Gasteiger partial charge in [-0.15, -0.1) is 0 Å². The van der Waals surface area contributed by atoms with Gasteiger partial charge in [0.2, 0.25) is 0 Å². The lowest BCUT2D eigenvalue weighted by Gasteiger charge is -2.16. The minimum Gasteiger partial charge on any atom is -0.463 e. The summed E-state index contributed by atoms with van der Waals surface area (Å²) in [5.74, 6) is -0.337. The Morgan fingerprint density at radius 1 is 0.564 bits per heavy atom. The lowest BCUT2D eigenvalue weighted by atomic mass is 10.1. The van der Waals surface area contributed by atoms with Gasteiger partial charge in [0.05, 0.1) is 39.6 Å². The highest BCUT2D eigenvalue weighted by Crippen LogP contribution is 2.10. The van der Waals surface area contributed by atoms with Gasteiger partial charge in [0, 0.05) is 6.42 Å². The maximum Gasteiger partial charge on any atom is 0.305 e. The van der Waals surface area contributed by atoms with E-state index in [2.05, 4.69) is 19.1 Å². The van der Waals surface area contributed by atoms with Crippen molar-refractivity contribution in [2.75, 3.05) is 46.2 Å². The first-order valence-corrected chi connectivity index (χ1v) is 14.8. The van der Waals surface area contributed by atoms with Gasteiger partial charge < -0.3 is 44.5 Å². The van der Waals surface area contributed by atoms with Gasteiger partial charge in [0.25, 0.3) is 0 Å². The average Bonchev–Trinajstić information content (AvgIpc) is 2.89. The average molecular weight is 565 g/mol. The normalized spacial score (nSPS) is 14.2. The molecule has 5 N–H and O–H groups in total. The summed E-state index contributed by atoms with van der Waals surface area (Å²) in [4.78, 5) is 11.8. The van der Waals surface area contributed by atoms with E-state index in [1.807, 2.05) is 0 Å². The molecule has 0 aromatic carbocycles. The molecule has 232 valence electrons. The number of carbonyl (C=O) groups excluding carboxylic acids is 1. The van der Waals surface area contributed by atoms with Crippen molar-refractivity contribution in [2.24, 2.45) is 0 Å². The number of aliphatic hydroxyl groups excluding tert-OH is 4. The number of rotatable bonds is 29. The maximum atomic E-state index is 11.8. The minimum atomic E-state index is -1.60. The van der Waals surface area contributed by atoms with Gasteiger partial charge in [-0.1, -0.05) is 70.4 Å². The van der Waals surface area contributed by atoms with Crippen LogP contribution in [0.2, 0.25) is 0 Å². The largest absolute Gasteiger partial charge is 0.463 e. The van der Waals surface area contributed by atoms with Crippen LogP contribution in [-0.4, -0.2) is 102 Å². The zero-order chi connectivity index (χ0) is 29.0. The van der Waals surface area contributed by atoms with Crippen molar-refractivity contribution in [1.82, 2.24) is 0 Å². The Morgan fingerprint density at radius 3 is 1.46 bits per heavy atom. The van der Waals surface area contributed by atoms with Crippen LogP contribution in [0.4, 0.5) is 0 Å². The third-order valence-electron chi connectivity index (χ3n) is 5.90. The number of ether oxygens (including phenoxy) is 4. The molecule has 3 unspecified atom stereocenters. The Labute approximate surface area is 235 Å². The molecule has 0 amide bonds. The van der Waals surface area contributed by atoms with Crippen LogP contribution in [0.15, 0.2) is 12.2 Å². The van der Waals surface area contributed by atoms with E-state index in [1.54, 1.807) is 0 Å². The molecule has 10 heteroatoms. The van der Waals surface area contributed by atoms with Crippen LogP contribution < -0.4 is 0 Å². The van der Waals surface area contributed by atoms with Crippen molar-refractivity contribution in [1.29, 1.82) is 0 Å². The first kappa shape index (κ1) is 37.9. The minimum absolute atomic E-state index is 0.0940. The fourth-order valence-corrected chi connectivity index (χ4v) is 3.74. The van der Waals surface area contributed by atoms with E-state index in [0.29, 0.717) is 6.42 Å². The van der Waals surface area contributed by atoms with Crippen LogP contribution in [0.25, 0.3) is 0 Å². The highest BCUT2D eigenvalue weighted by atomic mass is 16.6. The lowest BCUT2D eigenvalue weighted by Crippen LogP contribution is -2.30. The smallest absolute Gasteiger partial charge is 0.305 e. The molecule has 0 fully saturated rings. The standard InChI is InChI=1S/C29H56O10/c1-2-3-4-5-6-7-8-9-10-11-12-13-14-15-16-17-29(35)39-23-27(32)22-37-19-25(30)18-36-20-26(31)21-38-24-28(33)34/h9-10,25-28,30-34H,2-8,11-24H2,1H3/b10-9-. The Morgan fingerprint density at radius 2 is 0.974 bits per heavy atom. The summed E-state index contributed by atoms with van der Waals surface area (Å²) in [5, 5.41) is 46.6. The van der Waals surface area contributed by atoms with Gasteiger partial charge >= 0.3 is 5.97 Å². The molecule has 10 nitrogen and oxygen atoms in total. The van der Waals surface area contributed by atoms with E-state index >= 15 is 0 Å². The summed E-state index contributed by atoms with van der Waals surface area (Å²) < 4.78 is 20.3. The van der Waals surface area contributed by atoms with Crippen molar-refractivity contribution in [3.63, 3.8) is 0 Å². The molecule has 0 aliphatic heterocycles. The van der Waals surface area contributed by atoms with E-state index in [9.17, 15) is 20.1 Å². The molecule has 3 atom stereocenters. The SMILES string of the molecule is CCCCCCCC/C=C\CCCCCCCC(=O)OCC(O)COCC(O)COCC(O)COCC(O)O. The summed E-state index contributed by atoms with van der Waals surface area (Å²) in [6, 6.07) is 0. The molecule has 39 heavy (non-hydrogen) atoms. The van der Waals surface area contributed by atoms with Crippen molar-refractivity contribution < 1.29 is 49.3 Å². The van der Waals surface area contributed by atoms with Crippen molar-refractivity contribution in [3.8, 4) is 0 Å². The highest BCUT2D eigenvalue weighted by molar-refractivity contribution is 5.69. The van der Waals surface area contributed by atoms with Crippen LogP contribution in [-0.2, 0) is 23.7 Å². The van der Waals surface area contributed by atoms with Crippen LogP contribution >= 0.6 is 0 Å². The predicted octanol–water partition coefficient (Wildman–Crippen LogP) is 3.01. The number of carbonyl (C=O) groups is 1. The number of esters is 1. The van der Waals surface area contributed by atoms with Crippen molar-refractivity contribution in [3.05, 3.63) is 12.2 Å². The molecule has 0 aliphatic rings. The summed E-state index contributed by atoms with van der Waals surface area (Å²) >= 11 is 0. The number of hydrogen-bond donors (Lipinski definition) is 5. The number of aliphatic hydroxyl groups is 5. The molecule has 0 saturated carbocycles. The second kappa shape index (κ2) is 28.4. The van der Waals surface area contributed by atoms with Crippen LogP contribution in [0.1, 0.15) is 96.8 Å². The quantitative estimate of drug-likeness (QED) is 0.0396. The summed E-state index contributed by atoms with van der Waals surface area (Å²) in [6.07, 6.45) is 15.9. The maximum absolute atomic E-state index is 11.8. The van der Waals surface area contributed by atoms with E-state index in [0.717, 1.165) is 32.1 Å². The Hall–Kier alpha value is -1.11. The molecule has 0 aromatic heterocycles. The van der Waals surface area contributed by atoms with E-state index in [4.69, 9.17) is 29.2 Å². The lowest BCUT2D eigenvalue weighted by molar-refractivity contribution is -0.148. The summed E-state index contributed by atoms with van der Waals surface area (Å²) in [5.41, 5.74) is 0. The van der Waals surface area contributed by atoms with Gasteiger partial charge in [-0.25, -0.2) is 0 Å². The third-order valence-corrected chi connectivity index (χ3v) is 5.90. The van der Waals surface area contributed by atoms with Gasteiger partial charge in [-0.05, 0) is 32.1 Å². The van der Waals surface area contributed by atoms with E-state index in [-0.39, 0.29) is 52.2 Å². The predicted molar refractivity (Wildman–Crippen MR) is 149 cm³/mol. The molecule has 0 heterocycles. The first-order chi connectivity index (χ1) is 18.8. The second-order valence-electron chi connectivity index (χ2n) is 10.1. The van der Waals surface area contributed by atoms with Crippen LogP contribution in [0.3, 0.4) is 0 Å². The summed E-state index contributed by atoms with van der Waals surface area (Å²) in [6.45, 7) is 1.24. The van der Waals surface area contributed by atoms with Crippen LogP contribution in [0, 0.1) is 0 Å². The highest BCUT2D eigenvalue weighted by Gasteiger charge is 2.12. The second-order valence-corrected chi connectivity index (χ2v) is 10.1. The molecular weight excluding hydrogens is 508 g/mol. The molecule has 0 bridgehead atoms. The van der Waals surface area contributed by atoms with E-state index in [1.165, 1.54) is 51.4 Å². The Balaban J connectivity index is 3.51. The molecule has 0 aliphatic carbocycles. The van der Waals surface area contributed by atoms with Gasteiger partial charge in [-0.3, -0.25) is 4.79 Å². The molecular formula is C29H56O10. The zero-order valence-electron chi connectivity index (χ0n) is 24.1. The topological polar surface area (TPSA) is 155 Å². The first-order valence-electron chi connectivity index (χ1n) is 14.8. The molecule has 0 aromatic rings. The Kier molecular flexibility index (Phi) is 27.6. The fourth-order valence-electron chi connectivity index (χ4n) is 3.74. The van der Waals surface area contributed by atoms with Crippen LogP contribution in [0.5, 0.6) is 0 Å². The number of allylic oxidation sites excluding steroid dienone is 2. The van der Waals surface area contributed by atoms with Crippen molar-refractivity contribution >= 4 is 5.97 Å². The third kappa shape index (κ3) is 29.7. The summed E-state index contributed by atoms with van der Waals surface area (Å²) in [7, 11) is 0. The number of hydrogen-bond acceptors (Lipinski definition) is 10. The molecule has 0 saturated heterocycles. The molecule has 0 spiro atoms. The van der Waals surface area contributed by atoms with E-state index < -0.39 is 24.6 Å². The van der Waals surface area contributed by atoms with Gasteiger partial charge in [0.1, 0.15) is 24.9 Å². The molecule has 0 radical (unpaired) electrons. The van der Waals surface area contributed by atoms with Crippen molar-refractivity contribution in [2.45, 2.75) is 121 Å². The van der Waals surface area contributed by atoms with Gasteiger partial charge in [0.15, 0.2) is 6.29 Å². The zero-order valence-corrected chi connectivity index (χ0v) is 24.1.